The van der Waals surface area contributed by atoms with Gasteiger partial charge in [0.05, 0.1) is 12.6 Å². The number of benzene rings is 1. The van der Waals surface area contributed by atoms with Crippen molar-refractivity contribution in [2.24, 2.45) is 0 Å². The van der Waals surface area contributed by atoms with Gasteiger partial charge in [0.15, 0.2) is 0 Å². The van der Waals surface area contributed by atoms with Gasteiger partial charge in [0.2, 0.25) is 11.8 Å². The van der Waals surface area contributed by atoms with Crippen LogP contribution >= 0.6 is 15.9 Å². The number of hydrogen-bond donors (Lipinski definition) is 1. The van der Waals surface area contributed by atoms with Gasteiger partial charge in [-0.15, -0.1) is 0 Å². The molecule has 1 aromatic rings. The molecule has 4 nitrogen and oxygen atoms in total. The Morgan fingerprint density at radius 2 is 2.22 bits per heavy atom. The number of nitrogens with zero attached hydrogens (tertiary/aromatic N) is 1. The minimum absolute atomic E-state index is 0.0996. The molecule has 1 heterocycles. The van der Waals surface area contributed by atoms with Gasteiger partial charge in [-0.05, 0) is 19.1 Å². The molecule has 1 unspecified atom stereocenters. The molecular formula is C12H12BrFN2O2. The average Bonchev–Trinajstić information content (AvgIpc) is 2.29. The summed E-state index contributed by atoms with van der Waals surface area (Å²) in [5.41, 5.74) is 0.465. The van der Waals surface area contributed by atoms with Crippen molar-refractivity contribution in [3.63, 3.8) is 0 Å². The van der Waals surface area contributed by atoms with E-state index in [1.165, 1.54) is 6.07 Å². The van der Waals surface area contributed by atoms with Crippen LogP contribution in [-0.4, -0.2) is 29.3 Å². The fraction of sp³-hybridized carbons (Fsp3) is 0.333. The molecule has 2 rings (SSSR count). The van der Waals surface area contributed by atoms with Gasteiger partial charge in [0, 0.05) is 16.6 Å². The molecule has 1 atom stereocenters. The standard InChI is InChI=1S/C12H12BrFN2O2/c1-7-12(18)15-11(17)6-16(7)5-8-2-3-9(13)4-10(8)14/h2-4,7H,5-6H2,1H3,(H,15,17,18). The van der Waals surface area contributed by atoms with Gasteiger partial charge in [0.25, 0.3) is 0 Å². The van der Waals surface area contributed by atoms with E-state index in [1.54, 1.807) is 24.0 Å². The highest BCUT2D eigenvalue weighted by atomic mass is 79.9. The Kier molecular flexibility index (Phi) is 3.77. The van der Waals surface area contributed by atoms with Gasteiger partial charge < -0.3 is 0 Å². The van der Waals surface area contributed by atoms with Crippen molar-refractivity contribution in [1.82, 2.24) is 10.2 Å². The zero-order valence-electron chi connectivity index (χ0n) is 9.74. The largest absolute Gasteiger partial charge is 0.294 e. The molecule has 1 fully saturated rings. The summed E-state index contributed by atoms with van der Waals surface area (Å²) in [4.78, 5) is 24.4. The van der Waals surface area contributed by atoms with E-state index in [9.17, 15) is 14.0 Å². The summed E-state index contributed by atoms with van der Waals surface area (Å²) in [5.74, 6) is -1.05. The maximum Gasteiger partial charge on any atom is 0.243 e. The van der Waals surface area contributed by atoms with E-state index in [2.05, 4.69) is 21.2 Å². The Balaban J connectivity index is 2.17. The highest BCUT2D eigenvalue weighted by Crippen LogP contribution is 2.18. The van der Waals surface area contributed by atoms with Crippen molar-refractivity contribution in [2.45, 2.75) is 19.5 Å². The van der Waals surface area contributed by atoms with Crippen molar-refractivity contribution in [1.29, 1.82) is 0 Å². The number of rotatable bonds is 2. The van der Waals surface area contributed by atoms with Crippen LogP contribution in [0.15, 0.2) is 22.7 Å². The van der Waals surface area contributed by atoms with Crippen molar-refractivity contribution in [2.75, 3.05) is 6.54 Å². The summed E-state index contributed by atoms with van der Waals surface area (Å²) in [6, 6.07) is 4.30. The van der Waals surface area contributed by atoms with Crippen molar-refractivity contribution >= 4 is 27.7 Å². The Hall–Kier alpha value is -1.27. The molecular weight excluding hydrogens is 303 g/mol. The number of halogens is 2. The summed E-state index contributed by atoms with van der Waals surface area (Å²) in [6.07, 6.45) is 0. The average molecular weight is 315 g/mol. The normalized spacial score (nSPS) is 20.9. The topological polar surface area (TPSA) is 49.4 Å². The lowest BCUT2D eigenvalue weighted by Gasteiger charge is -2.31. The second kappa shape index (κ2) is 5.16. The second-order valence-electron chi connectivity index (χ2n) is 4.23. The SMILES string of the molecule is CC1C(=O)NC(=O)CN1Cc1ccc(Br)cc1F. The van der Waals surface area contributed by atoms with Crippen LogP contribution in [0, 0.1) is 5.82 Å². The van der Waals surface area contributed by atoms with Crippen LogP contribution in [-0.2, 0) is 16.1 Å². The predicted molar refractivity (Wildman–Crippen MR) is 67.1 cm³/mol. The van der Waals surface area contributed by atoms with Gasteiger partial charge in [-0.3, -0.25) is 19.8 Å². The van der Waals surface area contributed by atoms with Crippen LogP contribution in [0.5, 0.6) is 0 Å². The van der Waals surface area contributed by atoms with Gasteiger partial charge in [-0.2, -0.15) is 0 Å². The third-order valence-corrected chi connectivity index (χ3v) is 3.42. The van der Waals surface area contributed by atoms with Crippen LogP contribution in [0.2, 0.25) is 0 Å². The minimum atomic E-state index is -0.439. The smallest absolute Gasteiger partial charge is 0.243 e. The summed E-state index contributed by atoms with van der Waals surface area (Å²) < 4.78 is 14.3. The van der Waals surface area contributed by atoms with Crippen LogP contribution in [0.1, 0.15) is 12.5 Å². The molecule has 2 amide bonds. The molecule has 0 saturated carbocycles. The first-order valence-electron chi connectivity index (χ1n) is 5.49. The molecule has 1 aliphatic rings. The number of imide groups is 1. The van der Waals surface area contributed by atoms with Gasteiger partial charge in [0.1, 0.15) is 5.82 Å². The molecule has 0 spiro atoms. The first-order chi connectivity index (χ1) is 8.47. The Morgan fingerprint density at radius 1 is 1.50 bits per heavy atom. The van der Waals surface area contributed by atoms with Crippen LogP contribution in [0.25, 0.3) is 0 Å². The molecule has 6 heteroatoms. The number of piperazine rings is 1. The molecule has 96 valence electrons. The maximum absolute atomic E-state index is 13.7. The number of hydrogen-bond acceptors (Lipinski definition) is 3. The summed E-state index contributed by atoms with van der Waals surface area (Å²) in [5, 5.41) is 2.25. The minimum Gasteiger partial charge on any atom is -0.294 e. The first kappa shape index (κ1) is 13.2. The van der Waals surface area contributed by atoms with Crippen LogP contribution in [0.3, 0.4) is 0 Å². The Morgan fingerprint density at radius 3 is 2.89 bits per heavy atom. The molecule has 1 aliphatic heterocycles. The molecule has 1 N–H and O–H groups in total. The first-order valence-corrected chi connectivity index (χ1v) is 6.28. The van der Waals surface area contributed by atoms with Crippen molar-refractivity contribution in [3.8, 4) is 0 Å². The molecule has 18 heavy (non-hydrogen) atoms. The lowest BCUT2D eigenvalue weighted by molar-refractivity contribution is -0.139. The molecule has 1 saturated heterocycles. The number of amides is 2. The van der Waals surface area contributed by atoms with E-state index < -0.39 is 6.04 Å². The lowest BCUT2D eigenvalue weighted by Crippen LogP contribution is -2.56. The fourth-order valence-electron chi connectivity index (χ4n) is 1.83. The Labute approximate surface area is 112 Å². The zero-order chi connectivity index (χ0) is 13.3. The second-order valence-corrected chi connectivity index (χ2v) is 5.14. The van der Waals surface area contributed by atoms with Gasteiger partial charge in [-0.25, -0.2) is 4.39 Å². The molecule has 0 bridgehead atoms. The highest BCUT2D eigenvalue weighted by Gasteiger charge is 2.30. The van der Waals surface area contributed by atoms with E-state index in [4.69, 9.17) is 0 Å². The van der Waals surface area contributed by atoms with E-state index in [0.29, 0.717) is 10.0 Å². The van der Waals surface area contributed by atoms with Crippen LogP contribution in [0.4, 0.5) is 4.39 Å². The zero-order valence-corrected chi connectivity index (χ0v) is 11.3. The summed E-state index contributed by atoms with van der Waals surface area (Å²) >= 11 is 3.18. The monoisotopic (exact) mass is 314 g/mol. The Bertz CT molecular complexity index is 507. The van der Waals surface area contributed by atoms with Gasteiger partial charge in [-0.1, -0.05) is 22.0 Å². The van der Waals surface area contributed by atoms with E-state index in [-0.39, 0.29) is 30.7 Å². The van der Waals surface area contributed by atoms with E-state index >= 15 is 0 Å². The molecule has 0 radical (unpaired) electrons. The number of nitrogens with one attached hydrogen (secondary N) is 1. The van der Waals surface area contributed by atoms with Crippen LogP contribution < -0.4 is 5.32 Å². The van der Waals surface area contributed by atoms with Crippen molar-refractivity contribution in [3.05, 3.63) is 34.1 Å². The molecule has 0 aliphatic carbocycles. The maximum atomic E-state index is 13.7. The van der Waals surface area contributed by atoms with Gasteiger partial charge >= 0.3 is 0 Å². The summed E-state index contributed by atoms with van der Waals surface area (Å²) in [6.45, 7) is 2.03. The predicted octanol–water partition coefficient (Wildman–Crippen LogP) is 1.44. The quantitative estimate of drug-likeness (QED) is 0.840. The lowest BCUT2D eigenvalue weighted by atomic mass is 10.1. The van der Waals surface area contributed by atoms with E-state index in [0.717, 1.165) is 0 Å². The third kappa shape index (κ3) is 2.76. The van der Waals surface area contributed by atoms with E-state index in [1.807, 2.05) is 0 Å². The number of carbonyl (C=O) groups excluding carboxylic acids is 2. The van der Waals surface area contributed by atoms with Crippen molar-refractivity contribution < 1.29 is 14.0 Å². The third-order valence-electron chi connectivity index (χ3n) is 2.93. The molecule has 0 aromatic heterocycles. The highest BCUT2D eigenvalue weighted by molar-refractivity contribution is 9.10. The summed E-state index contributed by atoms with van der Waals surface area (Å²) in [7, 11) is 0. The molecule has 1 aromatic carbocycles. The number of carbonyl (C=O) groups is 2. The fourth-order valence-corrected chi connectivity index (χ4v) is 2.16.